The van der Waals surface area contributed by atoms with E-state index in [0.29, 0.717) is 6.61 Å². The molecule has 0 aromatic heterocycles. The second-order valence-corrected chi connectivity index (χ2v) is 2.60. The third-order valence-corrected chi connectivity index (χ3v) is 1.61. The highest BCUT2D eigenvalue weighted by Crippen LogP contribution is 1.91. The van der Waals surface area contributed by atoms with Crippen LogP contribution in [-0.2, 0) is 9.53 Å². The zero-order valence-corrected chi connectivity index (χ0v) is 7.80. The molecule has 0 heterocycles. The second-order valence-electron chi connectivity index (χ2n) is 2.60. The Bertz CT molecular complexity index is 124. The monoisotopic (exact) mass is 174 g/mol. The van der Waals surface area contributed by atoms with Crippen LogP contribution in [0, 0.1) is 0 Å². The van der Waals surface area contributed by atoms with Crippen molar-refractivity contribution in [1.29, 1.82) is 0 Å². The van der Waals surface area contributed by atoms with Crippen LogP contribution in [0.15, 0.2) is 0 Å². The van der Waals surface area contributed by atoms with Crippen LogP contribution in [0.25, 0.3) is 0 Å². The average Bonchev–Trinajstić information content (AvgIpc) is 2.07. The van der Waals surface area contributed by atoms with Gasteiger partial charge >= 0.3 is 5.97 Å². The lowest BCUT2D eigenvalue weighted by Crippen LogP contribution is -2.41. The molecule has 0 aromatic rings. The van der Waals surface area contributed by atoms with E-state index in [0.717, 1.165) is 12.8 Å². The molecule has 0 aliphatic carbocycles. The number of esters is 1. The van der Waals surface area contributed by atoms with Crippen molar-refractivity contribution in [1.82, 2.24) is 5.32 Å². The number of likely N-dealkylation sites (N-methyl/N-ethyl adjacent to an activating group) is 1. The number of carbonyl (C=O) groups is 1. The number of hydrogen-bond donors (Lipinski definition) is 2. The summed E-state index contributed by atoms with van der Waals surface area (Å²) < 4.78 is 4.94. The van der Waals surface area contributed by atoms with Crippen molar-refractivity contribution >= 4 is 5.97 Å². The van der Waals surface area contributed by atoms with Crippen LogP contribution in [0.5, 0.6) is 0 Å². The molecule has 0 rings (SSSR count). The molecule has 4 nitrogen and oxygen atoms in total. The van der Waals surface area contributed by atoms with Crippen LogP contribution in [0.3, 0.4) is 0 Å². The summed E-state index contributed by atoms with van der Waals surface area (Å²) in [6.07, 6.45) is 1.94. The molecule has 0 aliphatic rings. The highest BCUT2D eigenvalue weighted by Gasteiger charge is 2.14. The minimum atomic E-state index is -0.359. The molecule has 1 atom stereocenters. The molecule has 0 aromatic carbocycles. The van der Waals surface area contributed by atoms with Crippen molar-refractivity contribution in [2.24, 2.45) is 5.73 Å². The van der Waals surface area contributed by atoms with Crippen molar-refractivity contribution in [3.8, 4) is 0 Å². The molecule has 12 heavy (non-hydrogen) atoms. The summed E-state index contributed by atoms with van der Waals surface area (Å²) in [5.41, 5.74) is 5.33. The molecule has 0 aliphatic heterocycles. The van der Waals surface area contributed by atoms with Crippen molar-refractivity contribution < 1.29 is 9.53 Å². The molecular weight excluding hydrogens is 156 g/mol. The van der Waals surface area contributed by atoms with E-state index >= 15 is 0 Å². The molecule has 0 radical (unpaired) electrons. The van der Waals surface area contributed by atoms with Gasteiger partial charge in [-0.15, -0.1) is 0 Å². The molecule has 0 spiro atoms. The van der Waals surface area contributed by atoms with E-state index in [-0.39, 0.29) is 18.6 Å². The summed E-state index contributed by atoms with van der Waals surface area (Å²) >= 11 is 0. The van der Waals surface area contributed by atoms with E-state index in [2.05, 4.69) is 5.32 Å². The molecule has 72 valence electrons. The van der Waals surface area contributed by atoms with Gasteiger partial charge in [0.05, 0.1) is 6.61 Å². The highest BCUT2D eigenvalue weighted by molar-refractivity contribution is 5.75. The van der Waals surface area contributed by atoms with Gasteiger partial charge in [0.15, 0.2) is 0 Å². The van der Waals surface area contributed by atoms with E-state index in [1.807, 2.05) is 6.92 Å². The predicted octanol–water partition coefficient (Wildman–Crippen LogP) is -0.124. The molecule has 0 unspecified atom stereocenters. The first-order chi connectivity index (χ1) is 5.76. The molecule has 4 heteroatoms. The maximum atomic E-state index is 11.1. The largest absolute Gasteiger partial charge is 0.464 e. The smallest absolute Gasteiger partial charge is 0.324 e. The first kappa shape index (κ1) is 11.4. The lowest BCUT2D eigenvalue weighted by Gasteiger charge is -2.12. The van der Waals surface area contributed by atoms with Crippen LogP contribution in [0.1, 0.15) is 19.8 Å². The van der Waals surface area contributed by atoms with Crippen molar-refractivity contribution in [2.45, 2.75) is 25.8 Å². The zero-order valence-electron chi connectivity index (χ0n) is 7.80. The van der Waals surface area contributed by atoms with E-state index in [1.54, 1.807) is 7.05 Å². The Morgan fingerprint density at radius 1 is 1.67 bits per heavy atom. The highest BCUT2D eigenvalue weighted by atomic mass is 16.5. The van der Waals surface area contributed by atoms with E-state index < -0.39 is 0 Å². The summed E-state index contributed by atoms with van der Waals surface area (Å²) in [6.45, 7) is 2.82. The van der Waals surface area contributed by atoms with Crippen LogP contribution in [-0.4, -0.2) is 32.2 Å². The Morgan fingerprint density at radius 2 is 2.33 bits per heavy atom. The van der Waals surface area contributed by atoms with Crippen LogP contribution in [0.2, 0.25) is 0 Å². The molecule has 0 saturated heterocycles. The van der Waals surface area contributed by atoms with Gasteiger partial charge in [-0.2, -0.15) is 0 Å². The molecular formula is C8H18N2O2. The number of nitrogens with one attached hydrogen (secondary N) is 1. The van der Waals surface area contributed by atoms with Gasteiger partial charge in [-0.25, -0.2) is 0 Å². The van der Waals surface area contributed by atoms with Crippen LogP contribution in [0.4, 0.5) is 0 Å². The molecule has 0 fully saturated rings. The van der Waals surface area contributed by atoms with Gasteiger partial charge in [-0.05, 0) is 13.5 Å². The van der Waals surface area contributed by atoms with Crippen LogP contribution >= 0.6 is 0 Å². The number of ether oxygens (including phenoxy) is 1. The Kier molecular flexibility index (Phi) is 6.70. The van der Waals surface area contributed by atoms with Gasteiger partial charge < -0.3 is 15.8 Å². The van der Waals surface area contributed by atoms with E-state index in [4.69, 9.17) is 10.5 Å². The number of carbonyl (C=O) groups excluding carboxylic acids is 1. The van der Waals surface area contributed by atoms with Gasteiger partial charge in [0.1, 0.15) is 6.04 Å². The Hall–Kier alpha value is -0.610. The number of nitrogens with two attached hydrogens (primary N) is 1. The summed E-state index contributed by atoms with van der Waals surface area (Å²) in [5.74, 6) is -0.256. The molecule has 3 N–H and O–H groups in total. The summed E-state index contributed by atoms with van der Waals surface area (Å²) in [6, 6.07) is -0.359. The maximum absolute atomic E-state index is 11.1. The first-order valence-electron chi connectivity index (χ1n) is 4.30. The predicted molar refractivity (Wildman–Crippen MR) is 47.8 cm³/mol. The minimum absolute atomic E-state index is 0.256. The summed E-state index contributed by atoms with van der Waals surface area (Å²) in [5, 5.41) is 2.78. The zero-order chi connectivity index (χ0) is 9.40. The number of hydrogen-bond acceptors (Lipinski definition) is 4. The third-order valence-electron chi connectivity index (χ3n) is 1.61. The van der Waals surface area contributed by atoms with Gasteiger partial charge in [-0.1, -0.05) is 13.3 Å². The summed E-state index contributed by atoms with van der Waals surface area (Å²) in [4.78, 5) is 11.1. The van der Waals surface area contributed by atoms with Crippen LogP contribution < -0.4 is 11.1 Å². The molecule has 0 amide bonds. The topological polar surface area (TPSA) is 64.3 Å². The Morgan fingerprint density at radius 3 is 2.75 bits per heavy atom. The molecule has 0 saturated carbocycles. The quantitative estimate of drug-likeness (QED) is 0.435. The van der Waals surface area contributed by atoms with E-state index in [1.165, 1.54) is 0 Å². The maximum Gasteiger partial charge on any atom is 0.324 e. The number of unbranched alkanes of at least 4 members (excludes halogenated alkanes) is 1. The fourth-order valence-corrected chi connectivity index (χ4v) is 0.750. The first-order valence-corrected chi connectivity index (χ1v) is 4.30. The van der Waals surface area contributed by atoms with Crippen molar-refractivity contribution in [3.63, 3.8) is 0 Å². The lowest BCUT2D eigenvalue weighted by molar-refractivity contribution is -0.145. The fraction of sp³-hybridized carbons (Fsp3) is 0.875. The van der Waals surface area contributed by atoms with Crippen molar-refractivity contribution in [3.05, 3.63) is 0 Å². The fourth-order valence-electron chi connectivity index (χ4n) is 0.750. The Balaban J connectivity index is 3.54. The summed E-state index contributed by atoms with van der Waals surface area (Å²) in [7, 11) is 1.69. The SMILES string of the molecule is CCCCOC(=O)[C@@H](CN)NC. The Labute approximate surface area is 73.5 Å². The minimum Gasteiger partial charge on any atom is -0.464 e. The molecule has 0 bridgehead atoms. The van der Waals surface area contributed by atoms with Gasteiger partial charge in [0.2, 0.25) is 0 Å². The number of rotatable bonds is 6. The van der Waals surface area contributed by atoms with Gasteiger partial charge in [0.25, 0.3) is 0 Å². The normalized spacial score (nSPS) is 12.6. The van der Waals surface area contributed by atoms with Gasteiger partial charge in [-0.3, -0.25) is 4.79 Å². The third kappa shape index (κ3) is 4.31. The average molecular weight is 174 g/mol. The standard InChI is InChI=1S/C8H18N2O2/c1-3-4-5-12-8(11)7(6-9)10-2/h7,10H,3-6,9H2,1-2H3/t7-/m1/s1. The lowest BCUT2D eigenvalue weighted by atomic mass is 10.3. The van der Waals surface area contributed by atoms with E-state index in [9.17, 15) is 4.79 Å². The second kappa shape index (κ2) is 7.06. The van der Waals surface area contributed by atoms with Gasteiger partial charge in [0, 0.05) is 6.54 Å². The van der Waals surface area contributed by atoms with Crippen molar-refractivity contribution in [2.75, 3.05) is 20.2 Å².